The Balaban J connectivity index is 2.06. The number of halogens is 1. The van der Waals surface area contributed by atoms with Crippen LogP contribution >= 0.6 is 22.6 Å². The highest BCUT2D eigenvalue weighted by molar-refractivity contribution is 14.1. The first-order valence-corrected chi connectivity index (χ1v) is 6.59. The van der Waals surface area contributed by atoms with Gasteiger partial charge in [0.15, 0.2) is 11.5 Å². The number of amides is 1. The van der Waals surface area contributed by atoms with Crippen LogP contribution in [0.1, 0.15) is 18.4 Å². The molecule has 0 saturated heterocycles. The summed E-state index contributed by atoms with van der Waals surface area (Å²) < 4.78 is 5.71. The molecule has 0 radical (unpaired) electrons. The van der Waals surface area contributed by atoms with Crippen molar-refractivity contribution >= 4 is 34.7 Å². The van der Waals surface area contributed by atoms with E-state index in [1.54, 1.807) is 12.1 Å². The molecule has 1 aromatic carbocycles. The smallest absolute Gasteiger partial charge is 0.243 e. The van der Waals surface area contributed by atoms with E-state index in [1.165, 1.54) is 13.3 Å². The van der Waals surface area contributed by atoms with Crippen molar-refractivity contribution in [3.8, 4) is 11.5 Å². The minimum atomic E-state index is -0.0355. The lowest BCUT2D eigenvalue weighted by molar-refractivity contribution is -0.122. The molecule has 0 spiro atoms. The topological polar surface area (TPSA) is 70.9 Å². The Labute approximate surface area is 118 Å². The maximum absolute atomic E-state index is 11.3. The van der Waals surface area contributed by atoms with Crippen LogP contribution in [0.3, 0.4) is 0 Å². The maximum Gasteiger partial charge on any atom is 0.243 e. The van der Waals surface area contributed by atoms with Crippen LogP contribution in [-0.2, 0) is 4.79 Å². The fourth-order valence-electron chi connectivity index (χ4n) is 1.43. The molecular weight excluding hydrogens is 347 g/mol. The third-order valence-corrected chi connectivity index (χ3v) is 3.43. The minimum Gasteiger partial charge on any atom is -0.504 e. The number of benzene rings is 1. The van der Waals surface area contributed by atoms with Crippen LogP contribution < -0.4 is 10.2 Å². The fraction of sp³-hybridized carbons (Fsp3) is 0.333. The Morgan fingerprint density at radius 1 is 1.61 bits per heavy atom. The van der Waals surface area contributed by atoms with Crippen LogP contribution in [0.25, 0.3) is 0 Å². The summed E-state index contributed by atoms with van der Waals surface area (Å²) in [7, 11) is 1.49. The highest BCUT2D eigenvalue weighted by Crippen LogP contribution is 2.32. The van der Waals surface area contributed by atoms with Crippen molar-refractivity contribution < 1.29 is 14.6 Å². The van der Waals surface area contributed by atoms with Gasteiger partial charge >= 0.3 is 0 Å². The Bertz CT molecular complexity index is 498. The Hall–Kier alpha value is -1.31. The SMILES string of the molecule is COc1cc(/C=N/NC(=O)C2CC2)cc(I)c1O. The number of hydrogen-bond donors (Lipinski definition) is 2. The summed E-state index contributed by atoms with van der Waals surface area (Å²) in [6.07, 6.45) is 3.43. The zero-order chi connectivity index (χ0) is 13.1. The second kappa shape index (κ2) is 5.55. The number of phenols is 1. The van der Waals surface area contributed by atoms with Gasteiger partial charge in [-0.1, -0.05) is 0 Å². The number of carbonyl (C=O) groups excluding carboxylic acids is 1. The third-order valence-electron chi connectivity index (χ3n) is 2.61. The number of rotatable bonds is 4. The van der Waals surface area contributed by atoms with Crippen LogP contribution in [0.15, 0.2) is 17.2 Å². The van der Waals surface area contributed by atoms with Gasteiger partial charge in [0.05, 0.1) is 16.9 Å². The molecule has 1 fully saturated rings. The molecule has 6 heteroatoms. The zero-order valence-corrected chi connectivity index (χ0v) is 12.0. The first-order valence-electron chi connectivity index (χ1n) is 5.51. The van der Waals surface area contributed by atoms with Crippen molar-refractivity contribution in [2.75, 3.05) is 7.11 Å². The van der Waals surface area contributed by atoms with Gasteiger partial charge in [-0.2, -0.15) is 5.10 Å². The lowest BCUT2D eigenvalue weighted by Gasteiger charge is -2.06. The summed E-state index contributed by atoms with van der Waals surface area (Å²) in [6.45, 7) is 0. The molecule has 96 valence electrons. The van der Waals surface area contributed by atoms with Gasteiger partial charge in [-0.25, -0.2) is 5.43 Å². The van der Waals surface area contributed by atoms with Gasteiger partial charge in [0.25, 0.3) is 0 Å². The van der Waals surface area contributed by atoms with E-state index >= 15 is 0 Å². The zero-order valence-electron chi connectivity index (χ0n) is 9.81. The molecule has 0 bridgehead atoms. The molecule has 1 aromatic rings. The van der Waals surface area contributed by atoms with Crippen LogP contribution in [0.2, 0.25) is 0 Å². The Morgan fingerprint density at radius 2 is 2.33 bits per heavy atom. The molecule has 0 unspecified atom stereocenters. The first-order chi connectivity index (χ1) is 8.61. The summed E-state index contributed by atoms with van der Waals surface area (Å²) in [5.74, 6) is 0.595. The molecule has 0 aromatic heterocycles. The molecule has 0 aliphatic heterocycles. The van der Waals surface area contributed by atoms with E-state index in [0.717, 1.165) is 18.4 Å². The molecule has 1 aliphatic rings. The van der Waals surface area contributed by atoms with E-state index in [9.17, 15) is 9.90 Å². The lowest BCUT2D eigenvalue weighted by Crippen LogP contribution is -2.18. The number of nitrogens with one attached hydrogen (secondary N) is 1. The summed E-state index contributed by atoms with van der Waals surface area (Å²) in [5.41, 5.74) is 3.24. The minimum absolute atomic E-state index is 0.0355. The second-order valence-corrected chi connectivity index (χ2v) is 5.22. The van der Waals surface area contributed by atoms with E-state index in [-0.39, 0.29) is 17.6 Å². The van der Waals surface area contributed by atoms with Gasteiger partial charge in [0.2, 0.25) is 5.91 Å². The number of ether oxygens (including phenoxy) is 1. The highest BCUT2D eigenvalue weighted by Gasteiger charge is 2.29. The standard InChI is InChI=1S/C12H13IN2O3/c1-18-10-5-7(4-9(13)11(10)16)6-14-15-12(17)8-2-3-8/h4-6,8,16H,2-3H2,1H3,(H,15,17)/b14-6+. The van der Waals surface area contributed by atoms with Crippen molar-refractivity contribution in [2.45, 2.75) is 12.8 Å². The molecule has 2 N–H and O–H groups in total. The van der Waals surface area contributed by atoms with Crippen molar-refractivity contribution in [1.29, 1.82) is 0 Å². The number of methoxy groups -OCH3 is 1. The van der Waals surface area contributed by atoms with E-state index in [1.807, 2.05) is 22.6 Å². The van der Waals surface area contributed by atoms with E-state index < -0.39 is 0 Å². The summed E-state index contributed by atoms with van der Waals surface area (Å²) in [4.78, 5) is 11.3. The van der Waals surface area contributed by atoms with Gasteiger partial charge in [-0.05, 0) is 53.1 Å². The molecule has 0 atom stereocenters. The molecule has 5 nitrogen and oxygen atoms in total. The fourth-order valence-corrected chi connectivity index (χ4v) is 2.06. The normalized spacial score (nSPS) is 14.8. The van der Waals surface area contributed by atoms with Crippen LogP contribution in [0, 0.1) is 9.49 Å². The van der Waals surface area contributed by atoms with Crippen molar-refractivity contribution in [1.82, 2.24) is 5.43 Å². The number of nitrogens with zero attached hydrogens (tertiary/aromatic N) is 1. The van der Waals surface area contributed by atoms with Gasteiger partial charge in [0.1, 0.15) is 0 Å². The molecule has 2 rings (SSSR count). The highest BCUT2D eigenvalue weighted by atomic mass is 127. The second-order valence-electron chi connectivity index (χ2n) is 4.06. The lowest BCUT2D eigenvalue weighted by atomic mass is 10.2. The molecule has 0 heterocycles. The largest absolute Gasteiger partial charge is 0.504 e. The number of carbonyl (C=O) groups is 1. The number of hydrogen-bond acceptors (Lipinski definition) is 4. The van der Waals surface area contributed by atoms with Crippen molar-refractivity contribution in [3.63, 3.8) is 0 Å². The van der Waals surface area contributed by atoms with Crippen molar-refractivity contribution in [2.24, 2.45) is 11.0 Å². The van der Waals surface area contributed by atoms with E-state index in [0.29, 0.717) is 9.32 Å². The first kappa shape index (κ1) is 13.1. The average molecular weight is 360 g/mol. The van der Waals surface area contributed by atoms with Gasteiger partial charge in [0, 0.05) is 5.92 Å². The van der Waals surface area contributed by atoms with Crippen LogP contribution in [-0.4, -0.2) is 24.3 Å². The number of hydrazone groups is 1. The van der Waals surface area contributed by atoms with E-state index in [4.69, 9.17) is 4.74 Å². The summed E-state index contributed by atoms with van der Waals surface area (Å²) in [5, 5.41) is 13.6. The van der Waals surface area contributed by atoms with E-state index in [2.05, 4.69) is 10.5 Å². The molecule has 1 amide bonds. The molecular formula is C12H13IN2O3. The number of aromatic hydroxyl groups is 1. The molecule has 1 aliphatic carbocycles. The summed E-state index contributed by atoms with van der Waals surface area (Å²) >= 11 is 2.01. The number of phenolic OH excluding ortho intramolecular Hbond substituents is 1. The van der Waals surface area contributed by atoms with Crippen LogP contribution in [0.4, 0.5) is 0 Å². The molecule has 18 heavy (non-hydrogen) atoms. The quantitative estimate of drug-likeness (QED) is 0.489. The van der Waals surface area contributed by atoms with Gasteiger partial charge < -0.3 is 9.84 Å². The summed E-state index contributed by atoms with van der Waals surface area (Å²) in [6, 6.07) is 3.41. The predicted molar refractivity (Wildman–Crippen MR) is 75.8 cm³/mol. The Morgan fingerprint density at radius 3 is 2.94 bits per heavy atom. The average Bonchev–Trinajstić information content (AvgIpc) is 3.17. The van der Waals surface area contributed by atoms with Crippen LogP contribution in [0.5, 0.6) is 11.5 Å². The Kier molecular flexibility index (Phi) is 4.05. The van der Waals surface area contributed by atoms with Gasteiger partial charge in [-0.3, -0.25) is 4.79 Å². The van der Waals surface area contributed by atoms with Gasteiger partial charge in [-0.15, -0.1) is 0 Å². The predicted octanol–water partition coefficient (Wildman–Crippen LogP) is 1.87. The maximum atomic E-state index is 11.3. The van der Waals surface area contributed by atoms with Crippen molar-refractivity contribution in [3.05, 3.63) is 21.3 Å². The molecule has 1 saturated carbocycles. The monoisotopic (exact) mass is 360 g/mol. The third kappa shape index (κ3) is 3.12.